The van der Waals surface area contributed by atoms with Crippen molar-refractivity contribution in [3.63, 3.8) is 0 Å². The summed E-state index contributed by atoms with van der Waals surface area (Å²) in [5.74, 6) is -1.15. The van der Waals surface area contributed by atoms with Gasteiger partial charge in [-0.1, -0.05) is 13.0 Å². The minimum Gasteiger partial charge on any atom is -0.368 e. The normalized spacial score (nSPS) is 15.6. The van der Waals surface area contributed by atoms with Crippen molar-refractivity contribution in [3.8, 4) is 11.3 Å². The lowest BCUT2D eigenvalue weighted by Gasteiger charge is -2.16. The molecule has 0 saturated carbocycles. The standard InChI is InChI=1S/C30H29F2N3O3/c1-17(30(37)38)3-2-4-26-28(18-5-9-21(31)10-6-18)34-25-14-8-20(16-27(25)33-26)29(36)35-24-13-7-19-15-22(32)11-12-23(19)24/h5-6,8-12,14-17,24,30,37-38H,2-4,7,13H2,1H3,(H,35,36)/t17?,24-/m1/s1. The molecule has 5 rings (SSSR count). The molecule has 1 amide bonds. The van der Waals surface area contributed by atoms with Crippen LogP contribution in [0.2, 0.25) is 0 Å². The van der Waals surface area contributed by atoms with Gasteiger partial charge in [-0.3, -0.25) is 4.79 Å². The zero-order chi connectivity index (χ0) is 26.8. The molecule has 0 radical (unpaired) electrons. The van der Waals surface area contributed by atoms with E-state index < -0.39 is 6.29 Å². The number of hydrogen-bond donors (Lipinski definition) is 3. The van der Waals surface area contributed by atoms with Crippen LogP contribution in [0.1, 0.15) is 59.4 Å². The number of aliphatic hydroxyl groups is 2. The van der Waals surface area contributed by atoms with Crippen LogP contribution < -0.4 is 5.32 Å². The highest BCUT2D eigenvalue weighted by Gasteiger charge is 2.25. The summed E-state index contributed by atoms with van der Waals surface area (Å²) in [6.45, 7) is 1.77. The second kappa shape index (κ2) is 10.9. The van der Waals surface area contributed by atoms with E-state index in [0.717, 1.165) is 16.7 Å². The van der Waals surface area contributed by atoms with Gasteiger partial charge in [-0.15, -0.1) is 0 Å². The third-order valence-corrected chi connectivity index (χ3v) is 7.19. The van der Waals surface area contributed by atoms with Crippen LogP contribution in [0, 0.1) is 17.6 Å². The maximum atomic E-state index is 13.6. The largest absolute Gasteiger partial charge is 0.368 e. The lowest BCUT2D eigenvalue weighted by Crippen LogP contribution is -2.27. The van der Waals surface area contributed by atoms with Crippen LogP contribution in [0.5, 0.6) is 0 Å². The molecule has 1 aliphatic carbocycles. The average molecular weight is 518 g/mol. The Bertz CT molecular complexity index is 1470. The van der Waals surface area contributed by atoms with Gasteiger partial charge < -0.3 is 15.5 Å². The molecule has 3 N–H and O–H groups in total. The Morgan fingerprint density at radius 2 is 1.76 bits per heavy atom. The first-order valence-corrected chi connectivity index (χ1v) is 12.8. The average Bonchev–Trinajstić information content (AvgIpc) is 3.29. The van der Waals surface area contributed by atoms with Crippen LogP contribution in [-0.4, -0.2) is 32.4 Å². The third kappa shape index (κ3) is 5.56. The molecule has 0 bridgehead atoms. The number of fused-ring (bicyclic) bond motifs is 2. The lowest BCUT2D eigenvalue weighted by molar-refractivity contribution is -0.0806. The topological polar surface area (TPSA) is 95.3 Å². The van der Waals surface area contributed by atoms with E-state index in [1.807, 2.05) is 0 Å². The second-order valence-corrected chi connectivity index (χ2v) is 9.92. The summed E-state index contributed by atoms with van der Waals surface area (Å²) >= 11 is 0. The predicted octanol–water partition coefficient (Wildman–Crippen LogP) is 5.26. The van der Waals surface area contributed by atoms with Gasteiger partial charge in [0.15, 0.2) is 6.29 Å². The fourth-order valence-electron chi connectivity index (χ4n) is 4.96. The molecule has 4 aromatic rings. The number of carbonyl (C=O) groups is 1. The van der Waals surface area contributed by atoms with Crippen LogP contribution >= 0.6 is 0 Å². The van der Waals surface area contributed by atoms with Gasteiger partial charge in [-0.25, -0.2) is 18.7 Å². The van der Waals surface area contributed by atoms with Gasteiger partial charge in [0.2, 0.25) is 0 Å². The number of aromatic nitrogens is 2. The van der Waals surface area contributed by atoms with Crippen LogP contribution in [0.25, 0.3) is 22.3 Å². The monoisotopic (exact) mass is 517 g/mol. The molecule has 6 nitrogen and oxygen atoms in total. The van der Waals surface area contributed by atoms with E-state index in [9.17, 15) is 23.8 Å². The molecule has 196 valence electrons. The number of nitrogens with one attached hydrogen (secondary N) is 1. The predicted molar refractivity (Wildman–Crippen MR) is 140 cm³/mol. The highest BCUT2D eigenvalue weighted by atomic mass is 19.1. The van der Waals surface area contributed by atoms with E-state index in [-0.39, 0.29) is 29.5 Å². The van der Waals surface area contributed by atoms with E-state index in [1.54, 1.807) is 43.3 Å². The summed E-state index contributed by atoms with van der Waals surface area (Å²) < 4.78 is 27.1. The number of hydrogen-bond acceptors (Lipinski definition) is 5. The SMILES string of the molecule is CC(CCCc1nc2cc(C(=O)N[C@@H]3CCc4cc(F)ccc43)ccc2nc1-c1ccc(F)cc1)C(O)O. The van der Waals surface area contributed by atoms with Crippen molar-refractivity contribution in [3.05, 3.63) is 94.7 Å². The highest BCUT2D eigenvalue weighted by Crippen LogP contribution is 2.32. The smallest absolute Gasteiger partial charge is 0.251 e. The van der Waals surface area contributed by atoms with E-state index >= 15 is 0 Å². The van der Waals surface area contributed by atoms with Gasteiger partial charge in [0.25, 0.3) is 5.91 Å². The number of amides is 1. The number of benzene rings is 3. The molecular weight excluding hydrogens is 488 g/mol. The summed E-state index contributed by atoms with van der Waals surface area (Å²) in [4.78, 5) is 22.8. The Kier molecular flexibility index (Phi) is 7.44. The van der Waals surface area contributed by atoms with Crippen LogP contribution in [-0.2, 0) is 12.8 Å². The van der Waals surface area contributed by atoms with Crippen LogP contribution in [0.3, 0.4) is 0 Å². The van der Waals surface area contributed by atoms with Gasteiger partial charge in [-0.2, -0.15) is 0 Å². The molecule has 1 aliphatic rings. The Hall–Kier alpha value is -3.75. The van der Waals surface area contributed by atoms with E-state index in [2.05, 4.69) is 5.32 Å². The molecule has 2 atom stereocenters. The van der Waals surface area contributed by atoms with Crippen molar-refractivity contribution < 1.29 is 23.8 Å². The number of carbonyl (C=O) groups excluding carboxylic acids is 1. The van der Waals surface area contributed by atoms with Crippen molar-refractivity contribution >= 4 is 16.9 Å². The first-order valence-electron chi connectivity index (χ1n) is 12.8. The first-order chi connectivity index (χ1) is 18.3. The van der Waals surface area contributed by atoms with Crippen molar-refractivity contribution in [1.29, 1.82) is 0 Å². The number of nitrogens with zero attached hydrogens (tertiary/aromatic N) is 2. The minimum absolute atomic E-state index is 0.180. The van der Waals surface area contributed by atoms with Crippen molar-refractivity contribution in [2.24, 2.45) is 5.92 Å². The molecule has 38 heavy (non-hydrogen) atoms. The Morgan fingerprint density at radius 3 is 2.53 bits per heavy atom. The number of aliphatic hydroxyl groups excluding tert-OH is 1. The number of halogens is 2. The zero-order valence-electron chi connectivity index (χ0n) is 21.0. The fraction of sp³-hybridized carbons (Fsp3) is 0.300. The molecule has 0 saturated heterocycles. The number of rotatable bonds is 8. The van der Waals surface area contributed by atoms with Crippen LogP contribution in [0.4, 0.5) is 8.78 Å². The van der Waals surface area contributed by atoms with Crippen molar-refractivity contribution in [2.75, 3.05) is 0 Å². The molecule has 0 aliphatic heterocycles. The highest BCUT2D eigenvalue weighted by molar-refractivity contribution is 5.97. The molecule has 1 aromatic heterocycles. The Morgan fingerprint density at radius 1 is 1.00 bits per heavy atom. The minimum atomic E-state index is -1.39. The molecule has 0 spiro atoms. The molecule has 0 fully saturated rings. The summed E-state index contributed by atoms with van der Waals surface area (Å²) in [5, 5.41) is 21.9. The van der Waals surface area contributed by atoms with Crippen molar-refractivity contribution in [2.45, 2.75) is 51.4 Å². The van der Waals surface area contributed by atoms with Crippen LogP contribution in [0.15, 0.2) is 60.7 Å². The third-order valence-electron chi connectivity index (χ3n) is 7.19. The molecule has 8 heteroatoms. The van der Waals surface area contributed by atoms with E-state index in [1.165, 1.54) is 24.3 Å². The number of aryl methyl sites for hydroxylation is 2. The summed E-state index contributed by atoms with van der Waals surface area (Å²) in [6.07, 6.45) is 1.79. The molecule has 1 heterocycles. The van der Waals surface area contributed by atoms with E-state index in [0.29, 0.717) is 60.1 Å². The van der Waals surface area contributed by atoms with Gasteiger partial charge in [0.1, 0.15) is 11.6 Å². The van der Waals surface area contributed by atoms with Gasteiger partial charge in [-0.05, 0) is 97.8 Å². The quantitative estimate of drug-likeness (QED) is 0.277. The first kappa shape index (κ1) is 25.9. The molecule has 1 unspecified atom stereocenters. The lowest BCUT2D eigenvalue weighted by atomic mass is 10.00. The Labute approximate surface area is 219 Å². The molecule has 3 aromatic carbocycles. The van der Waals surface area contributed by atoms with Crippen molar-refractivity contribution in [1.82, 2.24) is 15.3 Å². The second-order valence-electron chi connectivity index (χ2n) is 9.92. The zero-order valence-corrected chi connectivity index (χ0v) is 21.0. The summed E-state index contributed by atoms with van der Waals surface area (Å²) in [7, 11) is 0. The Balaban J connectivity index is 1.42. The van der Waals surface area contributed by atoms with E-state index in [4.69, 9.17) is 9.97 Å². The molecular formula is C30H29F2N3O3. The summed E-state index contributed by atoms with van der Waals surface area (Å²) in [5.41, 5.74) is 5.50. The van der Waals surface area contributed by atoms with Gasteiger partial charge >= 0.3 is 0 Å². The maximum Gasteiger partial charge on any atom is 0.251 e. The van der Waals surface area contributed by atoms with Gasteiger partial charge in [0.05, 0.1) is 28.5 Å². The maximum absolute atomic E-state index is 13.6. The summed E-state index contributed by atoms with van der Waals surface area (Å²) in [6, 6.07) is 15.7. The fourth-order valence-corrected chi connectivity index (χ4v) is 4.96. The van der Waals surface area contributed by atoms with Gasteiger partial charge in [0, 0.05) is 17.0 Å².